The number of carbonyl (C=O) groups excluding carboxylic acids is 2. The maximum Gasteiger partial charge on any atom is 0.327 e. The van der Waals surface area contributed by atoms with E-state index >= 15 is 0 Å². The first-order valence-electron chi connectivity index (χ1n) is 8.54. The van der Waals surface area contributed by atoms with E-state index in [1.54, 1.807) is 0 Å². The minimum absolute atomic E-state index is 0.0420. The van der Waals surface area contributed by atoms with Gasteiger partial charge in [0.1, 0.15) is 12.1 Å². The molecule has 2 amide bonds. The van der Waals surface area contributed by atoms with Gasteiger partial charge in [-0.15, -0.1) is 0 Å². The number of carboxylic acids is 1. The molecule has 0 saturated heterocycles. The summed E-state index contributed by atoms with van der Waals surface area (Å²) in [6.07, 6.45) is 0.954. The smallest absolute Gasteiger partial charge is 0.327 e. The molecule has 4 atom stereocenters. The van der Waals surface area contributed by atoms with E-state index in [0.717, 1.165) is 12.0 Å². The number of benzene rings is 1. The first-order valence-corrected chi connectivity index (χ1v) is 9.17. The molecule has 0 aliphatic carbocycles. The first-order chi connectivity index (χ1) is 12.3. The zero-order valence-corrected chi connectivity index (χ0v) is 15.9. The van der Waals surface area contributed by atoms with Crippen LogP contribution in [0.4, 0.5) is 0 Å². The molecule has 1 aromatic rings. The standard InChI is InChI=1S/C18H27N3O4S/c1-3-11(2)15(19)17(23)20-13(9-12-7-5-4-6-8-12)16(22)21-14(10-26)18(24)25/h4-8,11,13-15,26H,3,9-10,19H2,1-2H3,(H,20,23)(H,21,22)(H,24,25). The molecule has 7 nitrogen and oxygen atoms in total. The van der Waals surface area contributed by atoms with Crippen LogP contribution in [0.3, 0.4) is 0 Å². The van der Waals surface area contributed by atoms with Gasteiger partial charge in [0.2, 0.25) is 11.8 Å². The highest BCUT2D eigenvalue weighted by Crippen LogP contribution is 2.08. The monoisotopic (exact) mass is 381 g/mol. The van der Waals surface area contributed by atoms with Crippen molar-refractivity contribution >= 4 is 30.4 Å². The lowest BCUT2D eigenvalue weighted by atomic mass is 9.98. The quantitative estimate of drug-likeness (QED) is 0.380. The molecule has 0 aliphatic heterocycles. The molecule has 0 radical (unpaired) electrons. The minimum atomic E-state index is -1.19. The zero-order valence-electron chi connectivity index (χ0n) is 15.0. The van der Waals surface area contributed by atoms with E-state index in [0.29, 0.717) is 0 Å². The fourth-order valence-corrected chi connectivity index (χ4v) is 2.54. The summed E-state index contributed by atoms with van der Waals surface area (Å²) >= 11 is 3.94. The summed E-state index contributed by atoms with van der Waals surface area (Å²) in [6, 6.07) is 6.34. The van der Waals surface area contributed by atoms with E-state index < -0.39 is 35.9 Å². The molecule has 0 bridgehead atoms. The van der Waals surface area contributed by atoms with Gasteiger partial charge in [0.05, 0.1) is 6.04 Å². The summed E-state index contributed by atoms with van der Waals surface area (Å²) in [5, 5.41) is 14.2. The molecule has 1 aromatic carbocycles. The Hall–Kier alpha value is -2.06. The van der Waals surface area contributed by atoms with Crippen LogP contribution in [-0.2, 0) is 20.8 Å². The normalized spacial score (nSPS) is 15.4. The van der Waals surface area contributed by atoms with Crippen LogP contribution < -0.4 is 16.4 Å². The summed E-state index contributed by atoms with van der Waals surface area (Å²) in [4.78, 5) is 36.1. The third-order valence-electron chi connectivity index (χ3n) is 4.27. The fraction of sp³-hybridized carbons (Fsp3) is 0.500. The molecule has 144 valence electrons. The summed E-state index contributed by atoms with van der Waals surface area (Å²) in [7, 11) is 0. The van der Waals surface area contributed by atoms with Gasteiger partial charge in [-0.05, 0) is 11.5 Å². The van der Waals surface area contributed by atoms with Crippen LogP contribution >= 0.6 is 12.6 Å². The number of carboxylic acid groups (broad SMARTS) is 1. The second-order valence-electron chi connectivity index (χ2n) is 6.24. The highest BCUT2D eigenvalue weighted by Gasteiger charge is 2.28. The molecule has 26 heavy (non-hydrogen) atoms. The van der Waals surface area contributed by atoms with Gasteiger partial charge in [0.15, 0.2) is 0 Å². The molecule has 0 spiro atoms. The third-order valence-corrected chi connectivity index (χ3v) is 4.64. The van der Waals surface area contributed by atoms with Crippen molar-refractivity contribution in [3.8, 4) is 0 Å². The average molecular weight is 381 g/mol. The number of thiol groups is 1. The second kappa shape index (κ2) is 10.8. The predicted octanol–water partition coefficient (Wildman–Crippen LogP) is 0.587. The van der Waals surface area contributed by atoms with E-state index in [4.69, 9.17) is 10.8 Å². The minimum Gasteiger partial charge on any atom is -0.480 e. The molecule has 1 rings (SSSR count). The number of hydrogen-bond acceptors (Lipinski definition) is 5. The Morgan fingerprint density at radius 3 is 2.19 bits per heavy atom. The van der Waals surface area contributed by atoms with Crippen LogP contribution in [-0.4, -0.2) is 46.8 Å². The molecule has 0 aliphatic rings. The van der Waals surface area contributed by atoms with Crippen LogP contribution in [0.2, 0.25) is 0 Å². The third kappa shape index (κ3) is 6.68. The topological polar surface area (TPSA) is 122 Å². The Balaban J connectivity index is 2.92. The van der Waals surface area contributed by atoms with Crippen molar-refractivity contribution in [2.24, 2.45) is 11.7 Å². The van der Waals surface area contributed by atoms with Gasteiger partial charge in [0, 0.05) is 12.2 Å². The highest BCUT2D eigenvalue weighted by molar-refractivity contribution is 7.80. The molecule has 8 heteroatoms. The summed E-state index contributed by atoms with van der Waals surface area (Å²) in [6.45, 7) is 3.79. The molecular weight excluding hydrogens is 354 g/mol. The van der Waals surface area contributed by atoms with E-state index in [1.807, 2.05) is 44.2 Å². The van der Waals surface area contributed by atoms with E-state index in [-0.39, 0.29) is 18.1 Å². The molecule has 5 N–H and O–H groups in total. The molecule has 0 saturated carbocycles. The van der Waals surface area contributed by atoms with Gasteiger partial charge in [-0.2, -0.15) is 12.6 Å². The highest BCUT2D eigenvalue weighted by atomic mass is 32.1. The average Bonchev–Trinajstić information content (AvgIpc) is 2.64. The number of nitrogens with one attached hydrogen (secondary N) is 2. The van der Waals surface area contributed by atoms with Gasteiger partial charge in [-0.25, -0.2) is 4.79 Å². The molecule has 4 unspecified atom stereocenters. The van der Waals surface area contributed by atoms with Crippen LogP contribution in [0.5, 0.6) is 0 Å². The number of rotatable bonds is 10. The van der Waals surface area contributed by atoms with Gasteiger partial charge in [-0.3, -0.25) is 9.59 Å². The summed E-state index contributed by atoms with van der Waals surface area (Å²) < 4.78 is 0. The zero-order chi connectivity index (χ0) is 19.7. The number of amides is 2. The second-order valence-corrected chi connectivity index (χ2v) is 6.61. The van der Waals surface area contributed by atoms with Crippen LogP contribution in [0.1, 0.15) is 25.8 Å². The lowest BCUT2D eigenvalue weighted by molar-refractivity contribution is -0.141. The molecular formula is C18H27N3O4S. The van der Waals surface area contributed by atoms with Crippen molar-refractivity contribution in [1.29, 1.82) is 0 Å². The maximum absolute atomic E-state index is 12.6. The number of hydrogen-bond donors (Lipinski definition) is 5. The van der Waals surface area contributed by atoms with Gasteiger partial charge in [0.25, 0.3) is 0 Å². The lowest BCUT2D eigenvalue weighted by Gasteiger charge is -2.24. The first kappa shape index (κ1) is 22.0. The molecule has 0 heterocycles. The summed E-state index contributed by atoms with van der Waals surface area (Å²) in [5.74, 6) is -2.30. The van der Waals surface area contributed by atoms with E-state index in [9.17, 15) is 14.4 Å². The SMILES string of the molecule is CCC(C)C(N)C(=O)NC(Cc1ccccc1)C(=O)NC(CS)C(=O)O. The maximum atomic E-state index is 12.6. The van der Waals surface area contributed by atoms with Crippen molar-refractivity contribution in [2.45, 2.75) is 44.8 Å². The Morgan fingerprint density at radius 1 is 1.12 bits per heavy atom. The fourth-order valence-electron chi connectivity index (χ4n) is 2.30. The van der Waals surface area contributed by atoms with Crippen LogP contribution in [0.15, 0.2) is 30.3 Å². The number of aliphatic carboxylic acids is 1. The Bertz CT molecular complexity index is 612. The Morgan fingerprint density at radius 2 is 1.69 bits per heavy atom. The number of nitrogens with two attached hydrogens (primary N) is 1. The molecule has 0 aromatic heterocycles. The Kier molecular flexibility index (Phi) is 9.15. The number of carbonyl (C=O) groups is 3. The van der Waals surface area contributed by atoms with Crippen molar-refractivity contribution < 1.29 is 19.5 Å². The van der Waals surface area contributed by atoms with E-state index in [1.165, 1.54) is 0 Å². The summed E-state index contributed by atoms with van der Waals surface area (Å²) in [5.41, 5.74) is 6.77. The van der Waals surface area contributed by atoms with E-state index in [2.05, 4.69) is 23.3 Å². The van der Waals surface area contributed by atoms with Gasteiger partial charge >= 0.3 is 5.97 Å². The van der Waals surface area contributed by atoms with Crippen molar-refractivity contribution in [1.82, 2.24) is 10.6 Å². The lowest BCUT2D eigenvalue weighted by Crippen LogP contribution is -2.56. The largest absolute Gasteiger partial charge is 0.480 e. The van der Waals surface area contributed by atoms with Crippen LogP contribution in [0, 0.1) is 5.92 Å². The van der Waals surface area contributed by atoms with Crippen molar-refractivity contribution in [3.05, 3.63) is 35.9 Å². The van der Waals surface area contributed by atoms with Crippen molar-refractivity contribution in [2.75, 3.05) is 5.75 Å². The molecule has 0 fully saturated rings. The van der Waals surface area contributed by atoms with Gasteiger partial charge in [-0.1, -0.05) is 50.6 Å². The van der Waals surface area contributed by atoms with Crippen molar-refractivity contribution in [3.63, 3.8) is 0 Å². The Labute approximate surface area is 159 Å². The van der Waals surface area contributed by atoms with Gasteiger partial charge < -0.3 is 21.5 Å². The van der Waals surface area contributed by atoms with Crippen LogP contribution in [0.25, 0.3) is 0 Å². The predicted molar refractivity (Wildman–Crippen MR) is 103 cm³/mol.